The Morgan fingerprint density at radius 1 is 1.14 bits per heavy atom. The number of aromatic nitrogens is 2. The summed E-state index contributed by atoms with van der Waals surface area (Å²) in [5.41, 5.74) is 0.360. The lowest BCUT2D eigenvalue weighted by Gasteiger charge is -2.26. The fraction of sp³-hybridized carbons (Fsp3) is 0.304. The van der Waals surface area contributed by atoms with Crippen LogP contribution in [0.2, 0.25) is 5.02 Å². The Morgan fingerprint density at radius 3 is 2.58 bits per heavy atom. The van der Waals surface area contributed by atoms with Crippen molar-refractivity contribution in [3.05, 3.63) is 85.5 Å². The predicted octanol–water partition coefficient (Wildman–Crippen LogP) is 3.22. The first-order valence-electron chi connectivity index (χ1n) is 10.8. The molecule has 0 fully saturated rings. The molecule has 0 spiro atoms. The zero-order chi connectivity index (χ0) is 25.8. The highest BCUT2D eigenvalue weighted by atomic mass is 35.5. The highest BCUT2D eigenvalue weighted by molar-refractivity contribution is 6.30. The van der Waals surface area contributed by atoms with Crippen LogP contribution in [0.5, 0.6) is 5.75 Å². The molecule has 0 saturated heterocycles. The van der Waals surface area contributed by atoms with Gasteiger partial charge in [0.05, 0.1) is 13.2 Å². The molecule has 1 aliphatic rings. The molecule has 4 rings (SSSR count). The lowest BCUT2D eigenvalue weighted by molar-refractivity contribution is -0.244. The molecule has 1 atom stereocenters. The molecule has 0 radical (unpaired) electrons. The summed E-state index contributed by atoms with van der Waals surface area (Å²) < 4.78 is 37.8. The molecule has 2 heterocycles. The molecular formula is C23H23ClF2N4O6. The Morgan fingerprint density at radius 2 is 1.89 bits per heavy atom. The van der Waals surface area contributed by atoms with Crippen molar-refractivity contribution in [3.8, 4) is 5.75 Å². The van der Waals surface area contributed by atoms with Crippen LogP contribution in [0.25, 0.3) is 0 Å². The number of nitrogens with one attached hydrogen (secondary N) is 1. The number of rotatable bonds is 10. The second-order valence-electron chi connectivity index (χ2n) is 7.92. The first-order valence-corrected chi connectivity index (χ1v) is 11.2. The summed E-state index contributed by atoms with van der Waals surface area (Å²) in [6.07, 6.45) is -0.876. The first-order chi connectivity index (χ1) is 17.3. The smallest absolute Gasteiger partial charge is 0.387 e. The largest absolute Gasteiger partial charge is 0.435 e. The van der Waals surface area contributed by atoms with Crippen molar-refractivity contribution >= 4 is 23.1 Å². The average Bonchev–Trinajstić information content (AvgIpc) is 3.21. The Bertz CT molecular complexity index is 1330. The summed E-state index contributed by atoms with van der Waals surface area (Å²) in [7, 11) is 1.50. The highest BCUT2D eigenvalue weighted by Crippen LogP contribution is 2.32. The highest BCUT2D eigenvalue weighted by Gasteiger charge is 2.35. The molecule has 192 valence electrons. The van der Waals surface area contributed by atoms with Gasteiger partial charge in [0.25, 0.3) is 5.56 Å². The van der Waals surface area contributed by atoms with E-state index < -0.39 is 24.2 Å². The van der Waals surface area contributed by atoms with E-state index in [0.29, 0.717) is 10.6 Å². The van der Waals surface area contributed by atoms with Crippen molar-refractivity contribution in [1.82, 2.24) is 9.13 Å². The summed E-state index contributed by atoms with van der Waals surface area (Å²) >= 11 is 6.00. The zero-order valence-corrected chi connectivity index (χ0v) is 19.8. The lowest BCUT2D eigenvalue weighted by Crippen LogP contribution is -2.43. The van der Waals surface area contributed by atoms with E-state index in [1.54, 1.807) is 41.3 Å². The molecule has 13 heteroatoms. The van der Waals surface area contributed by atoms with Gasteiger partial charge in [0.1, 0.15) is 23.9 Å². The van der Waals surface area contributed by atoms with Crippen molar-refractivity contribution in [1.29, 1.82) is 0 Å². The van der Waals surface area contributed by atoms with Crippen LogP contribution in [0, 0.1) is 0 Å². The third-order valence-electron chi connectivity index (χ3n) is 5.56. The average molecular weight is 525 g/mol. The second kappa shape index (κ2) is 11.1. The number of nitrogens with zero attached hydrogens (tertiary/aromatic N) is 3. The fourth-order valence-electron chi connectivity index (χ4n) is 3.88. The summed E-state index contributed by atoms with van der Waals surface area (Å²) in [6.45, 7) is -3.16. The molecule has 3 aromatic rings. The van der Waals surface area contributed by atoms with Crippen LogP contribution in [0.4, 0.5) is 20.3 Å². The number of anilines is 2. The van der Waals surface area contributed by atoms with Gasteiger partial charge in [-0.3, -0.25) is 19.2 Å². The van der Waals surface area contributed by atoms with Gasteiger partial charge in [-0.2, -0.15) is 8.78 Å². The van der Waals surface area contributed by atoms with E-state index in [2.05, 4.69) is 14.9 Å². The van der Waals surface area contributed by atoms with Gasteiger partial charge in [0.2, 0.25) is 6.35 Å². The maximum Gasteiger partial charge on any atom is 0.387 e. The minimum absolute atomic E-state index is 0.0102. The van der Waals surface area contributed by atoms with Gasteiger partial charge in [-0.15, -0.1) is 0 Å². The quantitative estimate of drug-likeness (QED) is 0.307. The molecular weight excluding hydrogens is 502 g/mol. The van der Waals surface area contributed by atoms with E-state index >= 15 is 0 Å². The Labute approximate surface area is 208 Å². The first kappa shape index (κ1) is 25.6. The van der Waals surface area contributed by atoms with E-state index in [9.17, 15) is 18.4 Å². The van der Waals surface area contributed by atoms with Crippen LogP contribution >= 0.6 is 11.6 Å². The minimum Gasteiger partial charge on any atom is -0.435 e. The molecule has 2 N–H and O–H groups in total. The normalized spacial score (nSPS) is 14.7. The van der Waals surface area contributed by atoms with Crippen LogP contribution in [-0.4, -0.2) is 34.0 Å². The predicted molar refractivity (Wildman–Crippen MR) is 127 cm³/mol. The van der Waals surface area contributed by atoms with E-state index in [0.717, 1.165) is 10.1 Å². The SMILES string of the molecule is Cn1c2c(c(=O)n(CCOO)c1=O)N(Cc1ccc(Cl)cc1)C(OCc1cccc(OC(F)F)c1)N2. The van der Waals surface area contributed by atoms with Crippen LogP contribution < -0.4 is 26.2 Å². The van der Waals surface area contributed by atoms with Crippen LogP contribution in [0.1, 0.15) is 11.1 Å². The van der Waals surface area contributed by atoms with Crippen molar-refractivity contribution in [2.45, 2.75) is 32.7 Å². The molecule has 1 aliphatic heterocycles. The van der Waals surface area contributed by atoms with Gasteiger partial charge in [-0.05, 0) is 35.4 Å². The van der Waals surface area contributed by atoms with Crippen molar-refractivity contribution in [3.63, 3.8) is 0 Å². The number of alkyl halides is 2. The van der Waals surface area contributed by atoms with Gasteiger partial charge in [0, 0.05) is 18.6 Å². The number of hydrogen-bond donors (Lipinski definition) is 2. The fourth-order valence-corrected chi connectivity index (χ4v) is 4.01. The van der Waals surface area contributed by atoms with Gasteiger partial charge in [-0.25, -0.2) is 9.68 Å². The molecule has 1 unspecified atom stereocenters. The van der Waals surface area contributed by atoms with Gasteiger partial charge >= 0.3 is 12.3 Å². The van der Waals surface area contributed by atoms with Gasteiger partial charge < -0.3 is 19.7 Å². The third-order valence-corrected chi connectivity index (χ3v) is 5.81. The number of benzene rings is 2. The maximum absolute atomic E-state index is 13.3. The molecule has 2 aromatic carbocycles. The van der Waals surface area contributed by atoms with Gasteiger partial charge in [-0.1, -0.05) is 35.9 Å². The van der Waals surface area contributed by atoms with E-state index in [-0.39, 0.29) is 43.6 Å². The molecule has 1 aromatic heterocycles. The Balaban J connectivity index is 1.67. The molecule has 0 saturated carbocycles. The number of hydrogen-bond acceptors (Lipinski definition) is 8. The summed E-state index contributed by atoms with van der Waals surface area (Å²) in [5, 5.41) is 12.3. The van der Waals surface area contributed by atoms with E-state index in [4.69, 9.17) is 21.6 Å². The number of ether oxygens (including phenoxy) is 2. The summed E-state index contributed by atoms with van der Waals surface area (Å²) in [5.74, 6) is 0.239. The Kier molecular flexibility index (Phi) is 7.89. The summed E-state index contributed by atoms with van der Waals surface area (Å²) in [4.78, 5) is 31.8. The van der Waals surface area contributed by atoms with Crippen molar-refractivity contribution < 1.29 is 28.4 Å². The maximum atomic E-state index is 13.3. The zero-order valence-electron chi connectivity index (χ0n) is 19.1. The molecule has 36 heavy (non-hydrogen) atoms. The second-order valence-corrected chi connectivity index (χ2v) is 8.35. The minimum atomic E-state index is -2.96. The molecule has 10 nitrogen and oxygen atoms in total. The van der Waals surface area contributed by atoms with Gasteiger partial charge in [0.15, 0.2) is 0 Å². The molecule has 0 aliphatic carbocycles. The monoisotopic (exact) mass is 524 g/mol. The number of fused-ring (bicyclic) bond motifs is 1. The van der Waals surface area contributed by atoms with Crippen LogP contribution in [-0.2, 0) is 36.4 Å². The molecule has 0 bridgehead atoms. The van der Waals surface area contributed by atoms with E-state index in [1.165, 1.54) is 23.7 Å². The standard InChI is InChI=1S/C23H23ClF2N4O6/c1-28-19-18(20(31)29(23(28)32)9-10-35-33)30(12-14-5-7-16(24)8-6-14)22(27-19)34-13-15-3-2-4-17(11-15)36-21(25)26/h2-8,11,21-22,27,33H,9-10,12-13H2,1H3. The van der Waals surface area contributed by atoms with Crippen LogP contribution in [0.3, 0.4) is 0 Å². The lowest BCUT2D eigenvalue weighted by atomic mass is 10.2. The third kappa shape index (κ3) is 5.51. The number of halogens is 3. The van der Waals surface area contributed by atoms with Crippen molar-refractivity contribution in [2.75, 3.05) is 16.8 Å². The van der Waals surface area contributed by atoms with E-state index in [1.807, 2.05) is 0 Å². The Hall–Kier alpha value is -3.45. The summed E-state index contributed by atoms with van der Waals surface area (Å²) in [6, 6.07) is 13.1. The molecule has 0 amide bonds. The van der Waals surface area contributed by atoms with Crippen molar-refractivity contribution in [2.24, 2.45) is 7.05 Å². The van der Waals surface area contributed by atoms with Crippen LogP contribution in [0.15, 0.2) is 58.1 Å². The topological polar surface area (TPSA) is 107 Å².